The minimum Gasteiger partial charge on any atom is -0.442 e. The molecule has 2 saturated heterocycles. The predicted octanol–water partition coefficient (Wildman–Crippen LogP) is 1.47. The van der Waals surface area contributed by atoms with Crippen LogP contribution in [-0.4, -0.2) is 49.7 Å². The van der Waals surface area contributed by atoms with Gasteiger partial charge >= 0.3 is 6.09 Å². The first-order valence-electron chi connectivity index (χ1n) is 10.2. The van der Waals surface area contributed by atoms with Crippen LogP contribution in [0.4, 0.5) is 14.9 Å². The molecule has 2 aromatic rings. The first-order valence-corrected chi connectivity index (χ1v) is 10.2. The lowest BCUT2D eigenvalue weighted by Gasteiger charge is -2.15. The van der Waals surface area contributed by atoms with Crippen LogP contribution in [0.3, 0.4) is 0 Å². The van der Waals surface area contributed by atoms with E-state index in [1.807, 2.05) is 12.1 Å². The molecule has 168 valence electrons. The van der Waals surface area contributed by atoms with Gasteiger partial charge in [-0.15, -0.1) is 0 Å². The van der Waals surface area contributed by atoms with E-state index in [2.05, 4.69) is 16.1 Å². The fourth-order valence-electron chi connectivity index (χ4n) is 3.54. The summed E-state index contributed by atoms with van der Waals surface area (Å²) in [6.07, 6.45) is -1.07. The highest BCUT2D eigenvalue weighted by molar-refractivity contribution is 5.90. The second-order valence-electron chi connectivity index (χ2n) is 7.63. The number of nitrogens with zero attached hydrogens (tertiary/aromatic N) is 1. The number of hydrogen-bond acceptors (Lipinski definition) is 6. The van der Waals surface area contributed by atoms with Crippen molar-refractivity contribution in [1.82, 2.24) is 16.1 Å². The number of rotatable bonds is 7. The third kappa shape index (κ3) is 4.87. The van der Waals surface area contributed by atoms with Gasteiger partial charge in [-0.2, -0.15) is 0 Å². The minimum absolute atomic E-state index is 0.202. The van der Waals surface area contributed by atoms with Gasteiger partial charge in [-0.3, -0.25) is 24.6 Å². The van der Waals surface area contributed by atoms with Gasteiger partial charge in [-0.1, -0.05) is 24.3 Å². The lowest BCUT2D eigenvalue weighted by atomic mass is 10.0. The first-order chi connectivity index (χ1) is 15.4. The molecule has 2 aliphatic heterocycles. The Hall–Kier alpha value is -3.50. The zero-order valence-corrected chi connectivity index (χ0v) is 17.4. The second-order valence-corrected chi connectivity index (χ2v) is 7.63. The van der Waals surface area contributed by atoms with E-state index >= 15 is 0 Å². The molecule has 2 aliphatic rings. The van der Waals surface area contributed by atoms with Gasteiger partial charge in [0.1, 0.15) is 18.0 Å². The molecule has 10 heteroatoms. The summed E-state index contributed by atoms with van der Waals surface area (Å²) in [6, 6.07) is 11.5. The van der Waals surface area contributed by atoms with E-state index in [0.717, 1.165) is 5.56 Å². The number of hydrogen-bond donors (Lipinski definition) is 3. The smallest absolute Gasteiger partial charge is 0.414 e. The molecule has 0 bridgehead atoms. The van der Waals surface area contributed by atoms with Crippen molar-refractivity contribution in [1.29, 1.82) is 0 Å². The Bertz CT molecular complexity index is 1030. The van der Waals surface area contributed by atoms with Crippen molar-refractivity contribution < 1.29 is 28.3 Å². The topological polar surface area (TPSA) is 109 Å². The van der Waals surface area contributed by atoms with Gasteiger partial charge in [0.05, 0.1) is 25.4 Å². The molecule has 4 rings (SSSR count). The molecule has 2 heterocycles. The van der Waals surface area contributed by atoms with Crippen LogP contribution in [0.1, 0.15) is 12.5 Å². The normalized spacial score (nSPS) is 20.2. The van der Waals surface area contributed by atoms with Gasteiger partial charge in [0, 0.05) is 19.0 Å². The van der Waals surface area contributed by atoms with E-state index in [1.165, 1.54) is 17.9 Å². The van der Waals surface area contributed by atoms with Crippen LogP contribution in [-0.2, 0) is 25.7 Å². The van der Waals surface area contributed by atoms with Crippen molar-refractivity contribution in [2.45, 2.75) is 25.6 Å². The first kappa shape index (κ1) is 21.7. The maximum Gasteiger partial charge on any atom is 0.414 e. The molecule has 2 atom stereocenters. The van der Waals surface area contributed by atoms with E-state index in [9.17, 15) is 18.8 Å². The van der Waals surface area contributed by atoms with Crippen molar-refractivity contribution in [2.75, 3.05) is 24.6 Å². The summed E-state index contributed by atoms with van der Waals surface area (Å²) in [7, 11) is 0. The Morgan fingerprint density at radius 3 is 2.66 bits per heavy atom. The standard InChI is InChI=1S/C22H23FN4O5/c1-13(28)24-10-17-11-27(22(30)32-17)16-6-7-18(19(23)8-16)15-4-2-14(3-5-15)9-25-20-12-31-26-21(20)29/h2-8,17,20,25H,9-12H2,1H3,(H,24,28)(H,26,29)/t17-,20-/m0/s1. The number of amides is 3. The summed E-state index contributed by atoms with van der Waals surface area (Å²) >= 11 is 0. The number of ether oxygens (including phenoxy) is 1. The highest BCUT2D eigenvalue weighted by Gasteiger charge is 2.32. The molecule has 0 saturated carbocycles. The van der Waals surface area contributed by atoms with Crippen molar-refractivity contribution in [3.63, 3.8) is 0 Å². The maximum absolute atomic E-state index is 14.9. The van der Waals surface area contributed by atoms with Gasteiger partial charge in [0.25, 0.3) is 5.91 Å². The summed E-state index contributed by atoms with van der Waals surface area (Å²) in [6.45, 7) is 2.56. The summed E-state index contributed by atoms with van der Waals surface area (Å²) in [4.78, 5) is 40.9. The fourth-order valence-corrected chi connectivity index (χ4v) is 3.54. The number of carbonyl (C=O) groups excluding carboxylic acids is 3. The minimum atomic E-state index is -0.578. The highest BCUT2D eigenvalue weighted by Crippen LogP contribution is 2.29. The zero-order valence-electron chi connectivity index (χ0n) is 17.4. The van der Waals surface area contributed by atoms with Crippen LogP contribution >= 0.6 is 0 Å². The Morgan fingerprint density at radius 2 is 2.00 bits per heavy atom. The third-order valence-corrected chi connectivity index (χ3v) is 5.27. The number of anilines is 1. The SMILES string of the molecule is CC(=O)NC[C@H]1CN(c2ccc(-c3ccc(CN[C@H]4CONC4=O)cc3)c(F)c2)C(=O)O1. The van der Waals surface area contributed by atoms with Gasteiger partial charge in [0.15, 0.2) is 0 Å². The molecule has 3 N–H and O–H groups in total. The average Bonchev–Trinajstić information content (AvgIpc) is 3.36. The van der Waals surface area contributed by atoms with Crippen molar-refractivity contribution in [3.8, 4) is 11.1 Å². The van der Waals surface area contributed by atoms with Crippen LogP contribution in [0, 0.1) is 5.82 Å². The number of nitrogens with one attached hydrogen (secondary N) is 3. The third-order valence-electron chi connectivity index (χ3n) is 5.27. The summed E-state index contributed by atoms with van der Waals surface area (Å²) < 4.78 is 20.1. The predicted molar refractivity (Wildman–Crippen MR) is 113 cm³/mol. The van der Waals surface area contributed by atoms with Crippen LogP contribution in [0.15, 0.2) is 42.5 Å². The molecule has 3 amide bonds. The second kappa shape index (κ2) is 9.33. The van der Waals surface area contributed by atoms with E-state index in [0.29, 0.717) is 23.4 Å². The molecule has 0 spiro atoms. The number of benzene rings is 2. The van der Waals surface area contributed by atoms with Crippen molar-refractivity contribution >= 4 is 23.6 Å². The number of halogens is 1. The van der Waals surface area contributed by atoms with Crippen molar-refractivity contribution in [3.05, 3.63) is 53.8 Å². The van der Waals surface area contributed by atoms with Crippen molar-refractivity contribution in [2.24, 2.45) is 0 Å². The van der Waals surface area contributed by atoms with E-state index in [-0.39, 0.29) is 31.5 Å². The number of cyclic esters (lactones) is 1. The van der Waals surface area contributed by atoms with E-state index in [4.69, 9.17) is 9.57 Å². The quantitative estimate of drug-likeness (QED) is 0.599. The number of hydroxylamine groups is 1. The van der Waals surface area contributed by atoms with E-state index < -0.39 is 24.1 Å². The maximum atomic E-state index is 14.9. The summed E-state index contributed by atoms with van der Waals surface area (Å²) in [5.41, 5.74) is 4.71. The fraction of sp³-hybridized carbons (Fsp3) is 0.318. The largest absolute Gasteiger partial charge is 0.442 e. The molecule has 0 aromatic heterocycles. The lowest BCUT2D eigenvalue weighted by Crippen LogP contribution is -2.37. The Labute approximate surface area is 183 Å². The summed E-state index contributed by atoms with van der Waals surface area (Å²) in [5.74, 6) is -0.881. The molecule has 2 aromatic carbocycles. The number of carbonyl (C=O) groups is 3. The average molecular weight is 442 g/mol. The Morgan fingerprint density at radius 1 is 1.22 bits per heavy atom. The molecule has 32 heavy (non-hydrogen) atoms. The summed E-state index contributed by atoms with van der Waals surface area (Å²) in [5, 5.41) is 5.70. The molecule has 0 radical (unpaired) electrons. The zero-order chi connectivity index (χ0) is 22.7. The van der Waals surface area contributed by atoms with Gasteiger partial charge in [-0.25, -0.2) is 14.7 Å². The molecule has 2 fully saturated rings. The van der Waals surface area contributed by atoms with Gasteiger partial charge in [-0.05, 0) is 29.3 Å². The lowest BCUT2D eigenvalue weighted by molar-refractivity contribution is -0.125. The van der Waals surface area contributed by atoms with Crippen LogP contribution in [0.25, 0.3) is 11.1 Å². The molecule has 0 unspecified atom stereocenters. The van der Waals surface area contributed by atoms with Crippen LogP contribution < -0.4 is 21.0 Å². The molecule has 9 nitrogen and oxygen atoms in total. The molecular formula is C22H23FN4O5. The molecular weight excluding hydrogens is 419 g/mol. The monoisotopic (exact) mass is 442 g/mol. The molecule has 0 aliphatic carbocycles. The van der Waals surface area contributed by atoms with Gasteiger partial charge in [0.2, 0.25) is 5.91 Å². The van der Waals surface area contributed by atoms with Crippen LogP contribution in [0.2, 0.25) is 0 Å². The van der Waals surface area contributed by atoms with Gasteiger partial charge < -0.3 is 10.1 Å². The van der Waals surface area contributed by atoms with Crippen LogP contribution in [0.5, 0.6) is 0 Å². The Kier molecular flexibility index (Phi) is 6.33. The Balaban J connectivity index is 1.40. The van der Waals surface area contributed by atoms with E-state index in [1.54, 1.807) is 24.3 Å². The highest BCUT2D eigenvalue weighted by atomic mass is 19.1.